The highest BCUT2D eigenvalue weighted by Gasteiger charge is 2.26. The summed E-state index contributed by atoms with van der Waals surface area (Å²) >= 11 is 0. The number of aromatic nitrogens is 2. The predicted octanol–water partition coefficient (Wildman–Crippen LogP) is 0.694. The molecule has 18 heavy (non-hydrogen) atoms. The molecule has 4 N–H and O–H groups in total. The number of anilines is 2. The number of hydrogen-bond acceptors (Lipinski definition) is 5. The fraction of sp³-hybridized carbons (Fsp3) is 0.556. The van der Waals surface area contributed by atoms with E-state index in [4.69, 9.17) is 16.1 Å². The summed E-state index contributed by atoms with van der Waals surface area (Å²) in [5.41, 5.74) is 5.54. The van der Waals surface area contributed by atoms with E-state index >= 15 is 0 Å². The summed E-state index contributed by atoms with van der Waals surface area (Å²) in [5.74, 6) is 0.00811. The van der Waals surface area contributed by atoms with Crippen molar-refractivity contribution < 1.29 is 18.3 Å². The van der Waals surface area contributed by atoms with Crippen LogP contribution in [0.1, 0.15) is 12.0 Å². The summed E-state index contributed by atoms with van der Waals surface area (Å²) in [6.45, 7) is -0.562. The van der Waals surface area contributed by atoms with Gasteiger partial charge in [-0.2, -0.15) is 23.5 Å². The van der Waals surface area contributed by atoms with Crippen LogP contribution < -0.4 is 11.1 Å². The first-order valence-electron chi connectivity index (χ1n) is 5.07. The number of hydrogen-bond donors (Lipinski definition) is 3. The van der Waals surface area contributed by atoms with Crippen molar-refractivity contribution >= 4 is 11.6 Å². The number of nitrogens with one attached hydrogen (secondary N) is 1. The van der Waals surface area contributed by atoms with Gasteiger partial charge in [-0.25, -0.2) is 4.68 Å². The molecular formula is C9H12F3N5O. The van der Waals surface area contributed by atoms with E-state index in [2.05, 4.69) is 10.4 Å². The fourth-order valence-corrected chi connectivity index (χ4v) is 1.30. The summed E-state index contributed by atoms with van der Waals surface area (Å²) in [6.07, 6.45) is -5.32. The Morgan fingerprint density at radius 3 is 2.67 bits per heavy atom. The zero-order chi connectivity index (χ0) is 13.8. The lowest BCUT2D eigenvalue weighted by atomic mass is 10.3. The van der Waals surface area contributed by atoms with Crippen molar-refractivity contribution in [2.24, 2.45) is 0 Å². The average molecular weight is 263 g/mol. The van der Waals surface area contributed by atoms with E-state index in [1.54, 1.807) is 6.07 Å². The van der Waals surface area contributed by atoms with Crippen molar-refractivity contribution in [3.8, 4) is 6.07 Å². The first kappa shape index (κ1) is 14.1. The Balaban J connectivity index is 2.76. The van der Waals surface area contributed by atoms with Crippen molar-refractivity contribution in [2.45, 2.75) is 19.1 Å². The molecule has 100 valence electrons. The van der Waals surface area contributed by atoms with Crippen molar-refractivity contribution in [2.75, 3.05) is 24.2 Å². The standard InChI is InChI=1S/C9H12F3N5O/c10-9(11,12)1-2-15-8-6(5-13)7(14)17(16-8)3-4-18/h18H,1-4,14H2,(H,15,16). The normalized spacial score (nSPS) is 11.3. The fourth-order valence-electron chi connectivity index (χ4n) is 1.30. The molecule has 0 saturated heterocycles. The number of nitrogens with zero attached hydrogens (tertiary/aromatic N) is 3. The Morgan fingerprint density at radius 1 is 1.50 bits per heavy atom. The first-order chi connectivity index (χ1) is 8.39. The van der Waals surface area contributed by atoms with Gasteiger partial charge >= 0.3 is 6.18 Å². The van der Waals surface area contributed by atoms with E-state index < -0.39 is 19.1 Å². The van der Waals surface area contributed by atoms with Gasteiger partial charge in [0.25, 0.3) is 0 Å². The smallest absolute Gasteiger partial charge is 0.390 e. The van der Waals surface area contributed by atoms with Gasteiger partial charge in [0.15, 0.2) is 5.82 Å². The van der Waals surface area contributed by atoms with Crippen molar-refractivity contribution in [1.82, 2.24) is 9.78 Å². The van der Waals surface area contributed by atoms with E-state index in [9.17, 15) is 13.2 Å². The van der Waals surface area contributed by atoms with Gasteiger partial charge in [0.1, 0.15) is 17.5 Å². The molecule has 1 aromatic heterocycles. The van der Waals surface area contributed by atoms with Crippen molar-refractivity contribution in [1.29, 1.82) is 5.26 Å². The summed E-state index contributed by atoms with van der Waals surface area (Å²) in [7, 11) is 0. The molecule has 1 rings (SSSR count). The lowest BCUT2D eigenvalue weighted by molar-refractivity contribution is -0.131. The number of alkyl halides is 3. The molecule has 0 radical (unpaired) electrons. The van der Waals surface area contributed by atoms with E-state index in [0.29, 0.717) is 0 Å². The Kier molecular flexibility index (Phi) is 4.38. The van der Waals surface area contributed by atoms with Crippen molar-refractivity contribution in [3.05, 3.63) is 5.56 Å². The van der Waals surface area contributed by atoms with Crippen LogP contribution in [0.25, 0.3) is 0 Å². The Labute approximate surface area is 101 Å². The molecule has 0 atom stereocenters. The van der Waals surface area contributed by atoms with Gasteiger partial charge in [0.2, 0.25) is 0 Å². The predicted molar refractivity (Wildman–Crippen MR) is 57.6 cm³/mol. The van der Waals surface area contributed by atoms with Crippen LogP contribution in [0.15, 0.2) is 0 Å². The minimum atomic E-state index is -4.28. The maximum atomic E-state index is 12.0. The number of rotatable bonds is 5. The second kappa shape index (κ2) is 5.59. The van der Waals surface area contributed by atoms with Crippen molar-refractivity contribution in [3.63, 3.8) is 0 Å². The minimum Gasteiger partial charge on any atom is -0.394 e. The molecule has 9 heteroatoms. The van der Waals surface area contributed by atoms with Crippen LogP contribution in [0, 0.1) is 11.3 Å². The van der Waals surface area contributed by atoms with E-state index in [0.717, 1.165) is 4.68 Å². The Hall–Kier alpha value is -1.95. The number of aliphatic hydroxyl groups is 1. The number of halogens is 3. The van der Waals surface area contributed by atoms with Crippen LogP contribution >= 0.6 is 0 Å². The maximum absolute atomic E-state index is 12.0. The lowest BCUT2D eigenvalue weighted by Gasteiger charge is -2.06. The van der Waals surface area contributed by atoms with Crippen LogP contribution in [0.3, 0.4) is 0 Å². The van der Waals surface area contributed by atoms with Gasteiger partial charge in [0, 0.05) is 6.54 Å². The zero-order valence-electron chi connectivity index (χ0n) is 9.33. The lowest BCUT2D eigenvalue weighted by Crippen LogP contribution is -2.15. The van der Waals surface area contributed by atoms with Crippen LogP contribution in [0.5, 0.6) is 0 Å². The molecule has 6 nitrogen and oxygen atoms in total. The van der Waals surface area contributed by atoms with Gasteiger partial charge in [-0.05, 0) is 0 Å². The van der Waals surface area contributed by atoms with Gasteiger partial charge in [0.05, 0.1) is 19.6 Å². The third-order valence-corrected chi connectivity index (χ3v) is 2.12. The molecule has 0 bridgehead atoms. The molecule has 0 fully saturated rings. The quantitative estimate of drug-likeness (QED) is 0.725. The molecule has 1 heterocycles. The molecule has 0 aliphatic heterocycles. The van der Waals surface area contributed by atoms with E-state index in [1.807, 2.05) is 0 Å². The highest BCUT2D eigenvalue weighted by Crippen LogP contribution is 2.22. The number of nitrogen functional groups attached to an aromatic ring is 1. The molecule has 0 saturated carbocycles. The van der Waals surface area contributed by atoms with Gasteiger partial charge in [-0.1, -0.05) is 0 Å². The molecule has 1 aromatic rings. The third kappa shape index (κ3) is 3.53. The van der Waals surface area contributed by atoms with Gasteiger partial charge in [-0.3, -0.25) is 0 Å². The second-order valence-corrected chi connectivity index (χ2v) is 3.46. The van der Waals surface area contributed by atoms with Gasteiger partial charge < -0.3 is 16.2 Å². The molecule has 0 amide bonds. The topological polar surface area (TPSA) is 99.9 Å². The SMILES string of the molecule is N#Cc1c(NCCC(F)(F)F)nn(CCO)c1N. The Morgan fingerprint density at radius 2 is 2.17 bits per heavy atom. The van der Waals surface area contributed by atoms with Crippen LogP contribution in [0.2, 0.25) is 0 Å². The highest BCUT2D eigenvalue weighted by atomic mass is 19.4. The molecule has 0 aliphatic carbocycles. The van der Waals surface area contributed by atoms with Crippen LogP contribution in [-0.2, 0) is 6.54 Å². The largest absolute Gasteiger partial charge is 0.394 e. The monoisotopic (exact) mass is 263 g/mol. The molecule has 0 aromatic carbocycles. The summed E-state index contributed by atoms with van der Waals surface area (Å²) in [5, 5.41) is 23.8. The Bertz CT molecular complexity index is 448. The summed E-state index contributed by atoms with van der Waals surface area (Å²) < 4.78 is 37.0. The molecule has 0 spiro atoms. The second-order valence-electron chi connectivity index (χ2n) is 3.46. The first-order valence-corrected chi connectivity index (χ1v) is 5.07. The summed E-state index contributed by atoms with van der Waals surface area (Å²) in [6, 6.07) is 1.76. The van der Waals surface area contributed by atoms with E-state index in [-0.39, 0.29) is 30.4 Å². The molecule has 0 unspecified atom stereocenters. The van der Waals surface area contributed by atoms with Crippen LogP contribution in [-0.4, -0.2) is 34.2 Å². The van der Waals surface area contributed by atoms with Crippen LogP contribution in [0.4, 0.5) is 24.8 Å². The minimum absolute atomic E-state index is 0.00676. The molecular weight excluding hydrogens is 251 g/mol. The zero-order valence-corrected chi connectivity index (χ0v) is 9.33. The average Bonchev–Trinajstić information content (AvgIpc) is 2.54. The van der Waals surface area contributed by atoms with E-state index in [1.165, 1.54) is 0 Å². The number of aliphatic hydroxyl groups excluding tert-OH is 1. The third-order valence-electron chi connectivity index (χ3n) is 2.12. The molecule has 0 aliphatic rings. The van der Waals surface area contributed by atoms with Gasteiger partial charge in [-0.15, -0.1) is 0 Å². The highest BCUT2D eigenvalue weighted by molar-refractivity contribution is 5.63. The number of nitriles is 1. The number of nitrogens with two attached hydrogens (primary N) is 1. The maximum Gasteiger partial charge on any atom is 0.390 e. The summed E-state index contributed by atoms with van der Waals surface area (Å²) in [4.78, 5) is 0.